The summed E-state index contributed by atoms with van der Waals surface area (Å²) < 4.78 is 66.6. The van der Waals surface area contributed by atoms with E-state index in [1.807, 2.05) is 0 Å². The first-order chi connectivity index (χ1) is 7.02. The van der Waals surface area contributed by atoms with E-state index in [1.54, 1.807) is 0 Å². The van der Waals surface area contributed by atoms with Gasteiger partial charge in [-0.3, -0.25) is 9.59 Å². The van der Waals surface area contributed by atoms with Crippen LogP contribution in [0.1, 0.15) is 0 Å². The van der Waals surface area contributed by atoms with Crippen LogP contribution in [0.4, 0.5) is 0 Å². The first-order valence-electron chi connectivity index (χ1n) is 3.66. The van der Waals surface area contributed by atoms with Crippen molar-refractivity contribution < 1.29 is 78.0 Å². The second-order valence-electron chi connectivity index (χ2n) is 2.98. The average Bonchev–Trinajstić information content (AvgIpc) is 2.21. The second-order valence-corrected chi connectivity index (χ2v) is 5.93. The Morgan fingerprint density at radius 1 is 1.00 bits per heavy atom. The maximum Gasteiger partial charge on any atom is 1.00 e. The number of cyclic esters (lactones) is 2. The monoisotopic (exact) mass is 286 g/mol. The van der Waals surface area contributed by atoms with Crippen LogP contribution in [-0.2, 0) is 34.6 Å². The Morgan fingerprint density at radius 2 is 1.44 bits per heavy atom. The Bertz CT molecular complexity index is 535. The van der Waals surface area contributed by atoms with Crippen molar-refractivity contribution in [2.45, 2.75) is 5.25 Å². The molecular formula is C5H4Li2O9S2. The zero-order valence-corrected chi connectivity index (χ0v) is 11.0. The summed E-state index contributed by atoms with van der Waals surface area (Å²) in [5, 5.41) is -2.47. The van der Waals surface area contributed by atoms with Gasteiger partial charge in [-0.15, -0.1) is 0 Å². The molecule has 0 aromatic heterocycles. The van der Waals surface area contributed by atoms with Gasteiger partial charge < -0.3 is 13.8 Å². The summed E-state index contributed by atoms with van der Waals surface area (Å²) >= 11 is 0. The standard InChI is InChI=1S/C5H6O9S2.2Li/c6-4-2(1-15(8,9)10)3(5(7)14-4)16(11,12)13;;/h2-3H,1H2,(H,8,9,10)(H,11,12,13);;/q;2*+1/p-2. The molecule has 1 saturated heterocycles. The summed E-state index contributed by atoms with van der Waals surface area (Å²) in [4.78, 5) is 21.7. The Hall–Kier alpha value is 0.155. The second kappa shape index (κ2) is 6.54. The largest absolute Gasteiger partial charge is 1.00 e. The third-order valence-corrected chi connectivity index (χ3v) is 3.71. The molecule has 92 valence electrons. The minimum atomic E-state index is -5.25. The van der Waals surface area contributed by atoms with Crippen LogP contribution >= 0.6 is 0 Å². The van der Waals surface area contributed by atoms with Crippen molar-refractivity contribution in [1.29, 1.82) is 0 Å². The van der Waals surface area contributed by atoms with E-state index < -0.39 is 49.1 Å². The molecule has 0 N–H and O–H groups in total. The molecule has 0 radical (unpaired) electrons. The molecule has 13 heteroatoms. The summed E-state index contributed by atoms with van der Waals surface area (Å²) in [6, 6.07) is 0. The minimum Gasteiger partial charge on any atom is -0.748 e. The zero-order valence-electron chi connectivity index (χ0n) is 9.35. The molecular weight excluding hydrogens is 282 g/mol. The number of carbonyl (C=O) groups excluding carboxylic acids is 2. The Morgan fingerprint density at radius 3 is 1.78 bits per heavy atom. The maximum atomic E-state index is 10.9. The van der Waals surface area contributed by atoms with E-state index in [0.717, 1.165) is 0 Å². The van der Waals surface area contributed by atoms with E-state index in [0.29, 0.717) is 0 Å². The molecule has 2 atom stereocenters. The molecule has 1 heterocycles. The third kappa shape index (κ3) is 5.03. The fraction of sp³-hybridized carbons (Fsp3) is 0.600. The predicted molar refractivity (Wildman–Crippen MR) is 42.6 cm³/mol. The summed E-state index contributed by atoms with van der Waals surface area (Å²) in [6.45, 7) is 0. The van der Waals surface area contributed by atoms with E-state index in [1.165, 1.54) is 0 Å². The molecule has 0 amide bonds. The van der Waals surface area contributed by atoms with Gasteiger partial charge in [0.05, 0.1) is 21.8 Å². The Labute approximate surface area is 126 Å². The molecule has 0 saturated carbocycles. The van der Waals surface area contributed by atoms with Gasteiger partial charge in [0.2, 0.25) is 0 Å². The van der Waals surface area contributed by atoms with Gasteiger partial charge in [-0.25, -0.2) is 16.8 Å². The van der Waals surface area contributed by atoms with Crippen LogP contribution in [0.5, 0.6) is 0 Å². The van der Waals surface area contributed by atoms with Crippen LogP contribution in [0.3, 0.4) is 0 Å². The number of rotatable bonds is 3. The van der Waals surface area contributed by atoms with E-state index in [-0.39, 0.29) is 37.7 Å². The molecule has 0 bridgehead atoms. The van der Waals surface area contributed by atoms with Gasteiger partial charge in [0.1, 0.15) is 10.1 Å². The number of hydrogen-bond acceptors (Lipinski definition) is 9. The molecule has 1 aliphatic heterocycles. The Kier molecular flexibility index (Phi) is 7.44. The number of ether oxygens (including phenoxy) is 1. The smallest absolute Gasteiger partial charge is 0.748 e. The molecule has 0 spiro atoms. The number of hydrogen-bond donors (Lipinski definition) is 0. The van der Waals surface area contributed by atoms with Crippen molar-refractivity contribution in [2.75, 3.05) is 5.75 Å². The van der Waals surface area contributed by atoms with Crippen molar-refractivity contribution in [3.8, 4) is 0 Å². The molecule has 9 nitrogen and oxygen atoms in total. The molecule has 0 aromatic rings. The van der Waals surface area contributed by atoms with Crippen molar-refractivity contribution >= 4 is 32.2 Å². The van der Waals surface area contributed by atoms with Gasteiger partial charge in [-0.1, -0.05) is 0 Å². The number of carbonyl (C=O) groups is 2. The van der Waals surface area contributed by atoms with E-state index >= 15 is 0 Å². The summed E-state index contributed by atoms with van der Waals surface area (Å²) in [7, 11) is -10.2. The van der Waals surface area contributed by atoms with Gasteiger partial charge >= 0.3 is 49.7 Å². The predicted octanol–water partition coefficient (Wildman–Crippen LogP) is -8.85. The summed E-state index contributed by atoms with van der Waals surface area (Å²) in [5.74, 6) is -6.72. The van der Waals surface area contributed by atoms with Crippen LogP contribution in [-0.4, -0.2) is 48.9 Å². The molecule has 18 heavy (non-hydrogen) atoms. The molecule has 0 aromatic carbocycles. The number of esters is 2. The molecule has 1 rings (SSSR count). The van der Waals surface area contributed by atoms with Crippen LogP contribution in [0.2, 0.25) is 0 Å². The minimum absolute atomic E-state index is 0. The third-order valence-electron chi connectivity index (χ3n) is 1.80. The van der Waals surface area contributed by atoms with Crippen molar-refractivity contribution in [1.82, 2.24) is 0 Å². The van der Waals surface area contributed by atoms with E-state index in [4.69, 9.17) is 0 Å². The quantitative estimate of drug-likeness (QED) is 0.212. The zero-order chi connectivity index (χ0) is 12.7. The topological polar surface area (TPSA) is 158 Å². The van der Waals surface area contributed by atoms with Crippen molar-refractivity contribution in [3.63, 3.8) is 0 Å². The van der Waals surface area contributed by atoms with Crippen LogP contribution in [0, 0.1) is 5.92 Å². The molecule has 2 unspecified atom stereocenters. The van der Waals surface area contributed by atoms with E-state index in [2.05, 4.69) is 4.74 Å². The molecule has 1 fully saturated rings. The normalized spacial score (nSPS) is 23.9. The summed E-state index contributed by atoms with van der Waals surface area (Å²) in [6.07, 6.45) is 0. The molecule has 0 aliphatic carbocycles. The van der Waals surface area contributed by atoms with Crippen molar-refractivity contribution in [3.05, 3.63) is 0 Å². The van der Waals surface area contributed by atoms with Gasteiger partial charge in [0.15, 0.2) is 5.25 Å². The molecule has 1 aliphatic rings. The van der Waals surface area contributed by atoms with Gasteiger partial charge in [0.25, 0.3) is 0 Å². The van der Waals surface area contributed by atoms with Gasteiger partial charge in [0, 0.05) is 0 Å². The van der Waals surface area contributed by atoms with Gasteiger partial charge in [-0.2, -0.15) is 0 Å². The van der Waals surface area contributed by atoms with Gasteiger partial charge in [-0.05, 0) is 0 Å². The van der Waals surface area contributed by atoms with Crippen LogP contribution in [0.25, 0.3) is 0 Å². The maximum absolute atomic E-state index is 10.9. The average molecular weight is 286 g/mol. The first-order valence-corrected chi connectivity index (χ1v) is 6.71. The fourth-order valence-corrected chi connectivity index (χ4v) is 3.00. The first kappa shape index (κ1) is 20.5. The fourth-order valence-electron chi connectivity index (χ4n) is 1.22. The Balaban J connectivity index is 0. The van der Waals surface area contributed by atoms with Crippen molar-refractivity contribution in [2.24, 2.45) is 5.92 Å². The summed E-state index contributed by atoms with van der Waals surface area (Å²) in [5.41, 5.74) is 0. The SMILES string of the molecule is O=C1OC(=O)C(S(=O)(=O)[O-])C1CS(=O)(=O)[O-].[Li+].[Li+]. The van der Waals surface area contributed by atoms with E-state index in [9.17, 15) is 35.5 Å². The van der Waals surface area contributed by atoms with Crippen LogP contribution in [0.15, 0.2) is 0 Å². The van der Waals surface area contributed by atoms with Crippen LogP contribution < -0.4 is 37.7 Å².